The number of ether oxygens (including phenoxy) is 1. The number of aryl methyl sites for hydroxylation is 1. The smallest absolute Gasteiger partial charge is 0.242 e. The maximum absolute atomic E-state index is 6.10. The maximum atomic E-state index is 6.10. The van der Waals surface area contributed by atoms with Crippen LogP contribution in [0.25, 0.3) is 0 Å². The SMILES string of the molecule is CCCc1nc(NC2CCCC2)c(N)c(OCC)n1. The second kappa shape index (κ2) is 6.59. The van der Waals surface area contributed by atoms with Crippen molar-refractivity contribution in [3.05, 3.63) is 5.82 Å². The van der Waals surface area contributed by atoms with E-state index in [1.54, 1.807) is 0 Å². The van der Waals surface area contributed by atoms with Crippen LogP contribution in [0.5, 0.6) is 5.88 Å². The predicted octanol–water partition coefficient (Wildman–Crippen LogP) is 2.76. The third-order valence-corrected chi connectivity index (χ3v) is 3.41. The average Bonchev–Trinajstić information content (AvgIpc) is 2.88. The van der Waals surface area contributed by atoms with Crippen molar-refractivity contribution in [1.29, 1.82) is 0 Å². The van der Waals surface area contributed by atoms with E-state index in [9.17, 15) is 0 Å². The predicted molar refractivity (Wildman–Crippen MR) is 77.5 cm³/mol. The van der Waals surface area contributed by atoms with Crippen LogP contribution in [0.1, 0.15) is 51.8 Å². The van der Waals surface area contributed by atoms with Gasteiger partial charge >= 0.3 is 0 Å². The molecule has 0 unspecified atom stereocenters. The zero-order chi connectivity index (χ0) is 13.7. The average molecular weight is 264 g/mol. The van der Waals surface area contributed by atoms with E-state index < -0.39 is 0 Å². The van der Waals surface area contributed by atoms with Gasteiger partial charge in [-0.3, -0.25) is 0 Å². The van der Waals surface area contributed by atoms with Crippen LogP contribution in [0, 0.1) is 0 Å². The van der Waals surface area contributed by atoms with Crippen LogP contribution < -0.4 is 15.8 Å². The van der Waals surface area contributed by atoms with Crippen LogP contribution in [0.15, 0.2) is 0 Å². The summed E-state index contributed by atoms with van der Waals surface area (Å²) in [6.45, 7) is 4.62. The van der Waals surface area contributed by atoms with Crippen molar-refractivity contribution in [1.82, 2.24) is 9.97 Å². The first-order valence-electron chi connectivity index (χ1n) is 7.30. The van der Waals surface area contributed by atoms with Gasteiger partial charge in [0.05, 0.1) is 6.61 Å². The Hall–Kier alpha value is -1.52. The number of nitrogens with one attached hydrogen (secondary N) is 1. The molecule has 19 heavy (non-hydrogen) atoms. The van der Waals surface area contributed by atoms with Crippen LogP contribution in [0.4, 0.5) is 11.5 Å². The number of nitrogens with zero attached hydrogens (tertiary/aromatic N) is 2. The molecule has 0 radical (unpaired) electrons. The Kier molecular flexibility index (Phi) is 4.82. The summed E-state index contributed by atoms with van der Waals surface area (Å²) in [7, 11) is 0. The molecule has 1 fully saturated rings. The van der Waals surface area contributed by atoms with Gasteiger partial charge in [0.25, 0.3) is 0 Å². The number of nitrogen functional groups attached to an aromatic ring is 1. The molecule has 1 saturated carbocycles. The lowest BCUT2D eigenvalue weighted by atomic mass is 10.2. The fourth-order valence-electron chi connectivity index (χ4n) is 2.45. The number of rotatable bonds is 6. The van der Waals surface area contributed by atoms with Crippen LogP contribution in [0.2, 0.25) is 0 Å². The fourth-order valence-corrected chi connectivity index (χ4v) is 2.45. The molecule has 5 nitrogen and oxygen atoms in total. The van der Waals surface area contributed by atoms with Crippen LogP contribution in [0.3, 0.4) is 0 Å². The number of hydrogen-bond donors (Lipinski definition) is 2. The van der Waals surface area contributed by atoms with E-state index >= 15 is 0 Å². The minimum absolute atomic E-state index is 0.487. The minimum atomic E-state index is 0.487. The summed E-state index contributed by atoms with van der Waals surface area (Å²) in [5.74, 6) is 2.07. The Morgan fingerprint density at radius 3 is 2.63 bits per heavy atom. The Morgan fingerprint density at radius 2 is 2.00 bits per heavy atom. The molecule has 1 aromatic heterocycles. The quantitative estimate of drug-likeness (QED) is 0.826. The van der Waals surface area contributed by atoms with Crippen LogP contribution in [-0.2, 0) is 6.42 Å². The molecule has 1 aliphatic carbocycles. The first-order valence-corrected chi connectivity index (χ1v) is 7.30. The molecule has 0 aliphatic heterocycles. The van der Waals surface area contributed by atoms with E-state index in [1.165, 1.54) is 25.7 Å². The summed E-state index contributed by atoms with van der Waals surface area (Å²) in [6.07, 6.45) is 6.80. The van der Waals surface area contributed by atoms with E-state index in [0.717, 1.165) is 24.5 Å². The minimum Gasteiger partial charge on any atom is -0.476 e. The lowest BCUT2D eigenvalue weighted by Gasteiger charge is -2.17. The zero-order valence-electron chi connectivity index (χ0n) is 11.9. The highest BCUT2D eigenvalue weighted by molar-refractivity contribution is 5.67. The van der Waals surface area contributed by atoms with Crippen molar-refractivity contribution >= 4 is 11.5 Å². The Balaban J connectivity index is 2.22. The maximum Gasteiger partial charge on any atom is 0.242 e. The molecular formula is C14H24N4O. The van der Waals surface area contributed by atoms with Crippen molar-refractivity contribution in [3.63, 3.8) is 0 Å². The lowest BCUT2D eigenvalue weighted by Crippen LogP contribution is -2.18. The molecule has 0 spiro atoms. The number of nitrogens with two attached hydrogens (primary N) is 1. The summed E-state index contributed by atoms with van der Waals surface area (Å²) in [6, 6.07) is 0.487. The summed E-state index contributed by atoms with van der Waals surface area (Å²) < 4.78 is 5.51. The molecule has 106 valence electrons. The van der Waals surface area contributed by atoms with Gasteiger partial charge in [0, 0.05) is 12.5 Å². The van der Waals surface area contributed by atoms with Gasteiger partial charge in [0.1, 0.15) is 11.5 Å². The second-order valence-electron chi connectivity index (χ2n) is 5.02. The molecule has 2 rings (SSSR count). The molecule has 1 aliphatic rings. The summed E-state index contributed by atoms with van der Waals surface area (Å²) >= 11 is 0. The highest BCUT2D eigenvalue weighted by atomic mass is 16.5. The van der Waals surface area contributed by atoms with E-state index in [2.05, 4.69) is 22.2 Å². The Labute approximate surface area is 115 Å². The van der Waals surface area contributed by atoms with Gasteiger partial charge in [-0.15, -0.1) is 0 Å². The molecule has 1 aromatic rings. The third kappa shape index (κ3) is 3.49. The largest absolute Gasteiger partial charge is 0.476 e. The van der Waals surface area contributed by atoms with E-state index in [0.29, 0.717) is 24.2 Å². The van der Waals surface area contributed by atoms with Crippen molar-refractivity contribution in [2.45, 2.75) is 58.4 Å². The molecule has 0 bridgehead atoms. The molecule has 3 N–H and O–H groups in total. The van der Waals surface area contributed by atoms with Gasteiger partial charge in [-0.25, -0.2) is 4.98 Å². The van der Waals surface area contributed by atoms with Gasteiger partial charge in [0.2, 0.25) is 5.88 Å². The van der Waals surface area contributed by atoms with Gasteiger partial charge in [-0.1, -0.05) is 19.8 Å². The van der Waals surface area contributed by atoms with E-state index in [1.807, 2.05) is 6.92 Å². The van der Waals surface area contributed by atoms with Gasteiger partial charge in [-0.2, -0.15) is 4.98 Å². The topological polar surface area (TPSA) is 73.1 Å². The third-order valence-electron chi connectivity index (χ3n) is 3.41. The van der Waals surface area contributed by atoms with Crippen molar-refractivity contribution < 1.29 is 4.74 Å². The number of anilines is 2. The normalized spacial score (nSPS) is 15.7. The fraction of sp³-hybridized carbons (Fsp3) is 0.714. The standard InChI is InChI=1S/C14H24N4O/c1-3-7-11-17-13(16-10-8-5-6-9-10)12(15)14(18-11)19-4-2/h10H,3-9,15H2,1-2H3,(H,16,17,18). The summed E-state index contributed by atoms with van der Waals surface area (Å²) in [5.41, 5.74) is 6.64. The molecular weight excluding hydrogens is 240 g/mol. The first kappa shape index (κ1) is 13.9. The highest BCUT2D eigenvalue weighted by Crippen LogP contribution is 2.29. The number of hydrogen-bond acceptors (Lipinski definition) is 5. The van der Waals surface area contributed by atoms with Gasteiger partial charge < -0.3 is 15.8 Å². The van der Waals surface area contributed by atoms with Crippen molar-refractivity contribution in [3.8, 4) is 5.88 Å². The van der Waals surface area contributed by atoms with E-state index in [4.69, 9.17) is 10.5 Å². The zero-order valence-corrected chi connectivity index (χ0v) is 11.9. The summed E-state index contributed by atoms with van der Waals surface area (Å²) in [5, 5.41) is 3.45. The van der Waals surface area contributed by atoms with Gasteiger partial charge in [-0.05, 0) is 26.2 Å². The molecule has 0 saturated heterocycles. The molecule has 0 amide bonds. The summed E-state index contributed by atoms with van der Waals surface area (Å²) in [4.78, 5) is 8.93. The molecule has 0 atom stereocenters. The first-order chi connectivity index (χ1) is 9.24. The van der Waals surface area contributed by atoms with Crippen molar-refractivity contribution in [2.75, 3.05) is 17.7 Å². The number of aromatic nitrogens is 2. The van der Waals surface area contributed by atoms with Crippen LogP contribution >= 0.6 is 0 Å². The highest BCUT2D eigenvalue weighted by Gasteiger charge is 2.19. The Bertz CT molecular complexity index is 416. The van der Waals surface area contributed by atoms with Gasteiger partial charge in [0.15, 0.2) is 5.82 Å². The second-order valence-corrected chi connectivity index (χ2v) is 5.02. The van der Waals surface area contributed by atoms with Crippen LogP contribution in [-0.4, -0.2) is 22.6 Å². The molecule has 0 aromatic carbocycles. The molecule has 1 heterocycles. The van der Waals surface area contributed by atoms with Crippen molar-refractivity contribution in [2.24, 2.45) is 0 Å². The monoisotopic (exact) mass is 264 g/mol. The van der Waals surface area contributed by atoms with E-state index in [-0.39, 0.29) is 0 Å². The Morgan fingerprint density at radius 1 is 1.26 bits per heavy atom. The lowest BCUT2D eigenvalue weighted by molar-refractivity contribution is 0.327. The molecule has 5 heteroatoms.